The molecule has 13 heteroatoms. The van der Waals surface area contributed by atoms with Gasteiger partial charge in [0.15, 0.2) is 11.0 Å². The first kappa shape index (κ1) is 32.3. The van der Waals surface area contributed by atoms with Gasteiger partial charge in [-0.3, -0.25) is 9.59 Å². The predicted octanol–water partition coefficient (Wildman–Crippen LogP) is 5.26. The molecular formula is C30H39N5O6S2. The molecule has 0 aliphatic heterocycles. The first-order valence-corrected chi connectivity index (χ1v) is 16.2. The standard InChI is InChI=1S/C30H39N5O6S2/c1-6-8-13-35-24(17-31-27(37)19-14-20(39-4)16-21(15-19)40-5)33-34-30(35)42-18(3)26(36)32-28-25(29(38)41-7-2)22-11-9-10-12-23(22)43-28/h14-16,18H,6-13,17H2,1-5H3,(H,31,37)(H,32,36). The van der Waals surface area contributed by atoms with E-state index in [9.17, 15) is 14.4 Å². The third kappa shape index (κ3) is 7.88. The average Bonchev–Trinajstić information content (AvgIpc) is 3.58. The van der Waals surface area contributed by atoms with E-state index in [-0.39, 0.29) is 25.0 Å². The van der Waals surface area contributed by atoms with E-state index in [1.165, 1.54) is 37.3 Å². The lowest BCUT2D eigenvalue weighted by molar-refractivity contribution is -0.115. The number of rotatable bonds is 14. The summed E-state index contributed by atoms with van der Waals surface area (Å²) in [6.45, 7) is 6.73. The molecule has 0 spiro atoms. The molecule has 1 aliphatic rings. The van der Waals surface area contributed by atoms with Crippen LogP contribution >= 0.6 is 23.1 Å². The number of hydrogen-bond donors (Lipinski definition) is 2. The highest BCUT2D eigenvalue weighted by atomic mass is 32.2. The quantitative estimate of drug-likeness (QED) is 0.181. The number of ether oxygens (including phenoxy) is 3. The molecule has 0 fully saturated rings. The van der Waals surface area contributed by atoms with Gasteiger partial charge in [-0.15, -0.1) is 21.5 Å². The normalized spacial score (nSPS) is 13.1. The van der Waals surface area contributed by atoms with Gasteiger partial charge in [-0.25, -0.2) is 4.79 Å². The topological polar surface area (TPSA) is 134 Å². The Bertz CT molecular complexity index is 1430. The summed E-state index contributed by atoms with van der Waals surface area (Å²) in [5.41, 5.74) is 1.89. The number of esters is 1. The summed E-state index contributed by atoms with van der Waals surface area (Å²) in [5, 5.41) is 15.2. The smallest absolute Gasteiger partial charge is 0.341 e. The first-order valence-electron chi connectivity index (χ1n) is 14.5. The summed E-state index contributed by atoms with van der Waals surface area (Å²) < 4.78 is 17.8. The number of thiophene rings is 1. The van der Waals surface area contributed by atoms with Crippen LogP contribution in [0.5, 0.6) is 11.5 Å². The van der Waals surface area contributed by atoms with Crippen molar-refractivity contribution >= 4 is 45.9 Å². The van der Waals surface area contributed by atoms with Crippen molar-refractivity contribution in [2.75, 3.05) is 26.1 Å². The Kier molecular flexibility index (Phi) is 11.5. The summed E-state index contributed by atoms with van der Waals surface area (Å²) in [6, 6.07) is 4.97. The van der Waals surface area contributed by atoms with Crippen molar-refractivity contribution in [3.8, 4) is 11.5 Å². The molecule has 1 atom stereocenters. The molecule has 0 saturated heterocycles. The zero-order valence-electron chi connectivity index (χ0n) is 25.3. The zero-order valence-corrected chi connectivity index (χ0v) is 26.9. The van der Waals surface area contributed by atoms with E-state index in [1.807, 2.05) is 4.57 Å². The van der Waals surface area contributed by atoms with Gasteiger partial charge in [0, 0.05) is 23.1 Å². The van der Waals surface area contributed by atoms with Gasteiger partial charge in [0.25, 0.3) is 5.91 Å². The third-order valence-electron chi connectivity index (χ3n) is 7.09. The molecule has 3 aromatic rings. The Hall–Kier alpha value is -3.58. The zero-order chi connectivity index (χ0) is 30.9. The number of thioether (sulfide) groups is 1. The number of carbonyl (C=O) groups excluding carboxylic acids is 3. The Morgan fingerprint density at radius 1 is 1.07 bits per heavy atom. The number of fused-ring (bicyclic) bond motifs is 1. The maximum absolute atomic E-state index is 13.4. The number of aromatic nitrogens is 3. The van der Waals surface area contributed by atoms with Gasteiger partial charge in [0.2, 0.25) is 5.91 Å². The molecule has 1 unspecified atom stereocenters. The Morgan fingerprint density at radius 2 is 1.79 bits per heavy atom. The van der Waals surface area contributed by atoms with Crippen molar-refractivity contribution in [2.24, 2.45) is 0 Å². The maximum atomic E-state index is 13.4. The fourth-order valence-corrected chi connectivity index (χ4v) is 6.95. The number of hydrogen-bond acceptors (Lipinski definition) is 10. The largest absolute Gasteiger partial charge is 0.497 e. The molecule has 2 aromatic heterocycles. The number of amides is 2. The summed E-state index contributed by atoms with van der Waals surface area (Å²) in [6.07, 6.45) is 5.62. The van der Waals surface area contributed by atoms with Gasteiger partial charge in [-0.1, -0.05) is 25.1 Å². The van der Waals surface area contributed by atoms with Crippen LogP contribution in [0, 0.1) is 0 Å². The van der Waals surface area contributed by atoms with E-state index >= 15 is 0 Å². The van der Waals surface area contributed by atoms with Gasteiger partial charge in [-0.05, 0) is 63.6 Å². The molecule has 0 saturated carbocycles. The fraction of sp³-hybridized carbons (Fsp3) is 0.500. The van der Waals surface area contributed by atoms with Gasteiger partial charge in [0.05, 0.1) is 38.2 Å². The van der Waals surface area contributed by atoms with Crippen LogP contribution in [0.1, 0.15) is 83.4 Å². The number of carbonyl (C=O) groups is 3. The number of nitrogens with one attached hydrogen (secondary N) is 2. The summed E-state index contributed by atoms with van der Waals surface area (Å²) in [7, 11) is 3.06. The van der Waals surface area contributed by atoms with Crippen LogP contribution in [0.15, 0.2) is 23.4 Å². The summed E-state index contributed by atoms with van der Waals surface area (Å²) >= 11 is 2.76. The molecule has 11 nitrogen and oxygen atoms in total. The molecule has 43 heavy (non-hydrogen) atoms. The third-order valence-corrected chi connectivity index (χ3v) is 9.38. The van der Waals surface area contributed by atoms with Gasteiger partial charge in [-0.2, -0.15) is 0 Å². The second-order valence-corrected chi connectivity index (χ2v) is 12.5. The van der Waals surface area contributed by atoms with Crippen LogP contribution in [0.4, 0.5) is 5.00 Å². The van der Waals surface area contributed by atoms with Crippen LogP contribution in [-0.4, -0.2) is 58.6 Å². The summed E-state index contributed by atoms with van der Waals surface area (Å²) in [5.74, 6) is 0.678. The predicted molar refractivity (Wildman–Crippen MR) is 167 cm³/mol. The van der Waals surface area contributed by atoms with Crippen molar-refractivity contribution in [2.45, 2.75) is 82.8 Å². The molecule has 4 rings (SSSR count). The van der Waals surface area contributed by atoms with Crippen LogP contribution in [0.2, 0.25) is 0 Å². The van der Waals surface area contributed by atoms with E-state index in [0.29, 0.717) is 45.2 Å². The second-order valence-electron chi connectivity index (χ2n) is 10.1. The highest BCUT2D eigenvalue weighted by Gasteiger charge is 2.29. The maximum Gasteiger partial charge on any atom is 0.341 e. The average molecular weight is 630 g/mol. The van der Waals surface area contributed by atoms with Crippen LogP contribution in [-0.2, 0) is 35.5 Å². The van der Waals surface area contributed by atoms with E-state index in [2.05, 4.69) is 27.8 Å². The van der Waals surface area contributed by atoms with E-state index in [4.69, 9.17) is 14.2 Å². The molecule has 1 aromatic carbocycles. The van der Waals surface area contributed by atoms with E-state index in [0.717, 1.165) is 49.0 Å². The number of benzene rings is 1. The van der Waals surface area contributed by atoms with Crippen LogP contribution in [0.3, 0.4) is 0 Å². The number of aryl methyl sites for hydroxylation is 1. The fourth-order valence-electron chi connectivity index (χ4n) is 4.78. The van der Waals surface area contributed by atoms with Crippen molar-refractivity contribution in [3.63, 3.8) is 0 Å². The van der Waals surface area contributed by atoms with Crippen molar-refractivity contribution in [1.82, 2.24) is 20.1 Å². The van der Waals surface area contributed by atoms with Crippen molar-refractivity contribution in [3.05, 3.63) is 45.6 Å². The molecule has 2 heterocycles. The lowest BCUT2D eigenvalue weighted by Crippen LogP contribution is -2.25. The molecule has 2 amide bonds. The molecule has 0 radical (unpaired) electrons. The van der Waals surface area contributed by atoms with E-state index < -0.39 is 11.2 Å². The van der Waals surface area contributed by atoms with Crippen LogP contribution in [0.25, 0.3) is 0 Å². The number of anilines is 1. The monoisotopic (exact) mass is 629 g/mol. The number of unbranched alkanes of at least 4 members (excludes halogenated alkanes) is 1. The second kappa shape index (κ2) is 15.2. The van der Waals surface area contributed by atoms with Crippen molar-refractivity contribution in [1.29, 1.82) is 0 Å². The lowest BCUT2D eigenvalue weighted by atomic mass is 9.95. The van der Waals surface area contributed by atoms with E-state index in [1.54, 1.807) is 32.0 Å². The first-order chi connectivity index (χ1) is 20.8. The molecule has 0 bridgehead atoms. The minimum atomic E-state index is -0.523. The molecule has 1 aliphatic carbocycles. The van der Waals surface area contributed by atoms with Crippen molar-refractivity contribution < 1.29 is 28.6 Å². The van der Waals surface area contributed by atoms with Gasteiger partial charge in [0.1, 0.15) is 16.5 Å². The number of nitrogens with zero attached hydrogens (tertiary/aromatic N) is 3. The summed E-state index contributed by atoms with van der Waals surface area (Å²) in [4.78, 5) is 40.3. The highest BCUT2D eigenvalue weighted by molar-refractivity contribution is 8.00. The SMILES string of the molecule is CCCCn1c(CNC(=O)c2cc(OC)cc(OC)c2)nnc1SC(C)C(=O)Nc1sc2c(c1C(=O)OCC)CCCC2. The van der Waals surface area contributed by atoms with Gasteiger partial charge < -0.3 is 29.4 Å². The Balaban J connectivity index is 1.47. The minimum Gasteiger partial charge on any atom is -0.497 e. The lowest BCUT2D eigenvalue weighted by Gasteiger charge is -2.14. The Morgan fingerprint density at radius 3 is 2.47 bits per heavy atom. The molecule has 232 valence electrons. The minimum absolute atomic E-state index is 0.153. The Labute approximate surface area is 260 Å². The van der Waals surface area contributed by atoms with Gasteiger partial charge >= 0.3 is 5.97 Å². The van der Waals surface area contributed by atoms with Crippen LogP contribution < -0.4 is 20.1 Å². The molecule has 2 N–H and O–H groups in total. The number of methoxy groups -OCH3 is 2. The molecular weight excluding hydrogens is 590 g/mol. The highest BCUT2D eigenvalue weighted by Crippen LogP contribution is 2.39.